The Labute approximate surface area is 274 Å². The van der Waals surface area contributed by atoms with E-state index in [-0.39, 0.29) is 16.5 Å². The van der Waals surface area contributed by atoms with Crippen molar-refractivity contribution in [3.8, 4) is 17.0 Å². The fourth-order valence-corrected chi connectivity index (χ4v) is 7.22. The largest absolute Gasteiger partial charge is 0.487 e. The van der Waals surface area contributed by atoms with Crippen molar-refractivity contribution in [2.45, 2.75) is 83.0 Å². The Morgan fingerprint density at radius 3 is 2.30 bits per heavy atom. The van der Waals surface area contributed by atoms with Crippen LogP contribution in [0.2, 0.25) is 0 Å². The van der Waals surface area contributed by atoms with Gasteiger partial charge in [0.05, 0.1) is 23.0 Å². The molecule has 46 heavy (non-hydrogen) atoms. The van der Waals surface area contributed by atoms with Gasteiger partial charge in [-0.2, -0.15) is 0 Å². The summed E-state index contributed by atoms with van der Waals surface area (Å²) in [6.45, 7) is 12.8. The molecule has 5 aromatic rings. The first-order valence-corrected chi connectivity index (χ1v) is 16.6. The van der Waals surface area contributed by atoms with Crippen molar-refractivity contribution in [2.75, 3.05) is 0 Å². The van der Waals surface area contributed by atoms with Gasteiger partial charge in [-0.1, -0.05) is 65.0 Å². The molecule has 1 atom stereocenters. The SMILES string of the molecule is CCC(CC)(C(=O)O)C(Cc1ccc(-c2ccc(F)cn2)cc1)c1[nH]c2ccc(OCc3ccc(C)cn3)cc2c1SC(C)(C)C. The van der Waals surface area contributed by atoms with E-state index in [1.54, 1.807) is 17.8 Å². The van der Waals surface area contributed by atoms with Crippen LogP contribution < -0.4 is 4.74 Å². The lowest BCUT2D eigenvalue weighted by molar-refractivity contribution is -0.151. The van der Waals surface area contributed by atoms with Gasteiger partial charge in [0.1, 0.15) is 18.2 Å². The smallest absolute Gasteiger partial charge is 0.310 e. The van der Waals surface area contributed by atoms with E-state index in [0.717, 1.165) is 49.6 Å². The summed E-state index contributed by atoms with van der Waals surface area (Å²) < 4.78 is 19.5. The number of thioether (sulfide) groups is 1. The molecule has 0 aliphatic rings. The number of benzene rings is 2. The molecule has 8 heteroatoms. The van der Waals surface area contributed by atoms with Gasteiger partial charge in [0.2, 0.25) is 0 Å². The van der Waals surface area contributed by atoms with E-state index in [2.05, 4.69) is 41.8 Å². The Hall–Kier alpha value is -4.17. The van der Waals surface area contributed by atoms with Gasteiger partial charge in [0.15, 0.2) is 0 Å². The normalized spacial score (nSPS) is 12.8. The molecule has 0 saturated heterocycles. The third-order valence-corrected chi connectivity index (χ3v) is 9.89. The van der Waals surface area contributed by atoms with E-state index in [0.29, 0.717) is 31.6 Å². The molecular formula is C38H42FN3O3S. The van der Waals surface area contributed by atoms with Crippen molar-refractivity contribution >= 4 is 28.6 Å². The summed E-state index contributed by atoms with van der Waals surface area (Å²) in [5.41, 5.74) is 5.40. The molecule has 2 aromatic carbocycles. The van der Waals surface area contributed by atoms with Gasteiger partial charge in [0, 0.05) is 43.9 Å². The number of aryl methyl sites for hydroxylation is 1. The molecule has 0 aliphatic heterocycles. The second kappa shape index (κ2) is 13.7. The van der Waals surface area contributed by atoms with Crippen molar-refractivity contribution < 1.29 is 19.0 Å². The van der Waals surface area contributed by atoms with E-state index in [4.69, 9.17) is 4.74 Å². The summed E-state index contributed by atoms with van der Waals surface area (Å²) in [5.74, 6) is -0.785. The van der Waals surface area contributed by atoms with E-state index in [1.165, 1.54) is 12.3 Å². The number of aliphatic carboxylic acids is 1. The number of hydrogen-bond acceptors (Lipinski definition) is 5. The highest BCUT2D eigenvalue weighted by molar-refractivity contribution is 8.00. The number of carbonyl (C=O) groups is 1. The molecule has 0 aliphatic carbocycles. The average molecular weight is 640 g/mol. The number of halogens is 1. The van der Waals surface area contributed by atoms with Crippen molar-refractivity contribution in [3.05, 3.63) is 107 Å². The zero-order valence-corrected chi connectivity index (χ0v) is 28.2. The second-order valence-corrected chi connectivity index (χ2v) is 14.7. The number of aromatic amines is 1. The Kier molecular flexibility index (Phi) is 9.87. The first-order valence-electron chi connectivity index (χ1n) is 15.8. The monoisotopic (exact) mass is 639 g/mol. The molecule has 0 amide bonds. The van der Waals surface area contributed by atoms with Crippen LogP contribution in [0, 0.1) is 18.2 Å². The number of nitrogens with one attached hydrogen (secondary N) is 1. The van der Waals surface area contributed by atoms with E-state index in [1.807, 2.05) is 75.5 Å². The number of ether oxygens (including phenoxy) is 1. The van der Waals surface area contributed by atoms with Crippen molar-refractivity contribution in [2.24, 2.45) is 5.41 Å². The maximum absolute atomic E-state index is 13.4. The van der Waals surface area contributed by atoms with Crippen LogP contribution in [0.5, 0.6) is 5.75 Å². The Morgan fingerprint density at radius 2 is 1.72 bits per heavy atom. The third kappa shape index (κ3) is 7.28. The molecule has 5 rings (SSSR count). The molecule has 0 saturated carbocycles. The highest BCUT2D eigenvalue weighted by atomic mass is 32.2. The lowest BCUT2D eigenvalue weighted by Gasteiger charge is -2.36. The molecule has 3 aromatic heterocycles. The zero-order chi connectivity index (χ0) is 33.1. The molecule has 240 valence electrons. The van der Waals surface area contributed by atoms with Crippen molar-refractivity contribution in [3.63, 3.8) is 0 Å². The van der Waals surface area contributed by atoms with Crippen LogP contribution in [-0.2, 0) is 17.8 Å². The van der Waals surface area contributed by atoms with Gasteiger partial charge in [-0.3, -0.25) is 14.8 Å². The minimum atomic E-state index is -0.998. The van der Waals surface area contributed by atoms with Gasteiger partial charge in [-0.25, -0.2) is 4.39 Å². The first kappa shape index (κ1) is 33.2. The van der Waals surface area contributed by atoms with Crippen molar-refractivity contribution in [1.82, 2.24) is 15.0 Å². The summed E-state index contributed by atoms with van der Waals surface area (Å²) in [5, 5.41) is 11.8. The second-order valence-electron chi connectivity index (χ2n) is 12.9. The molecule has 0 radical (unpaired) electrons. The zero-order valence-electron chi connectivity index (χ0n) is 27.4. The Bertz CT molecular complexity index is 1790. The maximum Gasteiger partial charge on any atom is 0.310 e. The molecule has 3 heterocycles. The Balaban J connectivity index is 1.58. The predicted molar refractivity (Wildman–Crippen MR) is 184 cm³/mol. The number of carboxylic acid groups (broad SMARTS) is 1. The molecular weight excluding hydrogens is 598 g/mol. The summed E-state index contributed by atoms with van der Waals surface area (Å²) >= 11 is 1.75. The van der Waals surface area contributed by atoms with Crippen LogP contribution >= 0.6 is 11.8 Å². The average Bonchev–Trinajstić information content (AvgIpc) is 3.37. The number of rotatable bonds is 12. The first-order chi connectivity index (χ1) is 21.9. The van der Waals surface area contributed by atoms with Crippen molar-refractivity contribution in [1.29, 1.82) is 0 Å². The van der Waals surface area contributed by atoms with Crippen LogP contribution in [-0.4, -0.2) is 30.8 Å². The van der Waals surface area contributed by atoms with Crippen LogP contribution in [0.25, 0.3) is 22.2 Å². The topological polar surface area (TPSA) is 88.1 Å². The fourth-order valence-electron chi connectivity index (χ4n) is 6.02. The van der Waals surface area contributed by atoms with E-state index < -0.39 is 11.4 Å². The standard InChI is InChI=1S/C38H42FN3O3S/c1-7-38(8-2,36(43)44)31(19-25-10-12-26(13-11-25)32-17-14-27(39)22-41-32)34-35(46-37(4,5)6)30-20-29(16-18-33(30)42-34)45-23-28-15-9-24(3)21-40-28/h9-18,20-22,31,42H,7-8,19,23H2,1-6H3,(H,43,44). The molecule has 2 N–H and O–H groups in total. The molecule has 0 bridgehead atoms. The predicted octanol–water partition coefficient (Wildman–Crippen LogP) is 9.76. The van der Waals surface area contributed by atoms with Gasteiger partial charge >= 0.3 is 5.97 Å². The quantitative estimate of drug-likeness (QED) is 0.132. The van der Waals surface area contributed by atoms with Crippen LogP contribution in [0.4, 0.5) is 4.39 Å². The number of fused-ring (bicyclic) bond motifs is 1. The van der Waals surface area contributed by atoms with Gasteiger partial charge < -0.3 is 14.8 Å². The number of nitrogens with zero attached hydrogens (tertiary/aromatic N) is 2. The van der Waals surface area contributed by atoms with Gasteiger partial charge in [-0.15, -0.1) is 11.8 Å². The summed E-state index contributed by atoms with van der Waals surface area (Å²) in [7, 11) is 0. The number of H-pyrrole nitrogens is 1. The third-order valence-electron chi connectivity index (χ3n) is 8.64. The van der Waals surface area contributed by atoms with Gasteiger partial charge in [0.25, 0.3) is 0 Å². The maximum atomic E-state index is 13.4. The van der Waals surface area contributed by atoms with E-state index in [9.17, 15) is 14.3 Å². The number of aromatic nitrogens is 3. The minimum absolute atomic E-state index is 0.134. The highest BCUT2D eigenvalue weighted by Crippen LogP contribution is 2.50. The minimum Gasteiger partial charge on any atom is -0.487 e. The van der Waals surface area contributed by atoms with Crippen LogP contribution in [0.1, 0.15) is 75.9 Å². The van der Waals surface area contributed by atoms with Gasteiger partial charge in [-0.05, 0) is 73.7 Å². The summed E-state index contributed by atoms with van der Waals surface area (Å²) in [6.07, 6.45) is 4.53. The van der Waals surface area contributed by atoms with E-state index >= 15 is 0 Å². The molecule has 6 nitrogen and oxygen atoms in total. The molecule has 1 unspecified atom stereocenters. The highest BCUT2D eigenvalue weighted by Gasteiger charge is 2.45. The lowest BCUT2D eigenvalue weighted by Crippen LogP contribution is -2.38. The number of carboxylic acids is 1. The lowest BCUT2D eigenvalue weighted by atomic mass is 9.67. The number of hydrogen-bond donors (Lipinski definition) is 2. The Morgan fingerprint density at radius 1 is 0.978 bits per heavy atom. The summed E-state index contributed by atoms with van der Waals surface area (Å²) in [4.78, 5) is 26.6. The number of pyridine rings is 2. The summed E-state index contributed by atoms with van der Waals surface area (Å²) in [6, 6.07) is 21.1. The fraction of sp³-hybridized carbons (Fsp3) is 0.342. The molecule has 0 spiro atoms. The van der Waals surface area contributed by atoms with Crippen LogP contribution in [0.3, 0.4) is 0 Å². The molecule has 0 fully saturated rings. The van der Waals surface area contributed by atoms with Crippen LogP contribution in [0.15, 0.2) is 84.0 Å².